The Bertz CT molecular complexity index is 683. The molecule has 0 aliphatic carbocycles. The fourth-order valence-corrected chi connectivity index (χ4v) is 5.20. The van der Waals surface area contributed by atoms with Crippen LogP contribution in [-0.4, -0.2) is 77.3 Å². The van der Waals surface area contributed by atoms with E-state index in [-0.39, 0.29) is 17.0 Å². The molecule has 26 heavy (non-hydrogen) atoms. The van der Waals surface area contributed by atoms with Gasteiger partial charge in [0.1, 0.15) is 16.4 Å². The zero-order chi connectivity index (χ0) is 19.3. The third kappa shape index (κ3) is 4.49. The summed E-state index contributed by atoms with van der Waals surface area (Å²) in [6.45, 7) is 6.65. The molecule has 2 rings (SSSR count). The first kappa shape index (κ1) is 21.0. The quantitative estimate of drug-likeness (QED) is 0.635. The second-order valence-corrected chi connectivity index (χ2v) is 8.53. The molecular weight excluding hydrogens is 356 g/mol. The fourth-order valence-electron chi connectivity index (χ4n) is 3.46. The predicted octanol–water partition coefficient (Wildman–Crippen LogP) is 1.82. The van der Waals surface area contributed by atoms with Crippen LogP contribution >= 0.6 is 0 Å². The van der Waals surface area contributed by atoms with Crippen molar-refractivity contribution in [1.82, 2.24) is 9.21 Å². The Morgan fingerprint density at radius 1 is 1.08 bits per heavy atom. The molecule has 1 aromatic rings. The van der Waals surface area contributed by atoms with Crippen LogP contribution in [0.3, 0.4) is 0 Å². The molecule has 0 spiro atoms. The van der Waals surface area contributed by atoms with Gasteiger partial charge in [0, 0.05) is 51.5 Å². The molecule has 148 valence electrons. The van der Waals surface area contributed by atoms with Gasteiger partial charge in [-0.15, -0.1) is 0 Å². The number of ether oxygens (including phenoxy) is 3. The van der Waals surface area contributed by atoms with Crippen molar-refractivity contribution in [2.75, 3.05) is 47.6 Å². The number of benzene rings is 1. The van der Waals surface area contributed by atoms with Gasteiger partial charge in [0.15, 0.2) is 0 Å². The van der Waals surface area contributed by atoms with Gasteiger partial charge in [0.05, 0.1) is 14.2 Å². The lowest BCUT2D eigenvalue weighted by Gasteiger charge is -2.43. The molecule has 8 heteroatoms. The molecule has 1 fully saturated rings. The van der Waals surface area contributed by atoms with Crippen molar-refractivity contribution in [2.24, 2.45) is 0 Å². The van der Waals surface area contributed by atoms with Gasteiger partial charge in [0.2, 0.25) is 10.0 Å². The molecule has 1 heterocycles. The maximum atomic E-state index is 13.2. The summed E-state index contributed by atoms with van der Waals surface area (Å²) < 4.78 is 43.5. The third-order valence-corrected chi connectivity index (χ3v) is 6.69. The number of nitrogens with zero attached hydrogens (tertiary/aromatic N) is 2. The molecule has 1 aliphatic heterocycles. The third-order valence-electron chi connectivity index (χ3n) is 4.82. The normalized spacial score (nSPS) is 22.3. The van der Waals surface area contributed by atoms with E-state index in [1.54, 1.807) is 29.6 Å². The Kier molecular flexibility index (Phi) is 7.28. The lowest BCUT2D eigenvalue weighted by atomic mass is 10.1. The van der Waals surface area contributed by atoms with Crippen molar-refractivity contribution in [2.45, 2.75) is 37.2 Å². The van der Waals surface area contributed by atoms with Gasteiger partial charge >= 0.3 is 0 Å². The maximum absolute atomic E-state index is 13.2. The van der Waals surface area contributed by atoms with Gasteiger partial charge in [-0.05, 0) is 32.4 Å². The molecule has 1 saturated heterocycles. The molecule has 2 unspecified atom stereocenters. The summed E-state index contributed by atoms with van der Waals surface area (Å²) in [6.07, 6.45) is 0.935. The van der Waals surface area contributed by atoms with Gasteiger partial charge in [-0.2, -0.15) is 4.31 Å². The van der Waals surface area contributed by atoms with Gasteiger partial charge < -0.3 is 14.2 Å². The molecule has 2 atom stereocenters. The molecule has 0 radical (unpaired) electrons. The predicted molar refractivity (Wildman–Crippen MR) is 100 cm³/mol. The smallest absolute Gasteiger partial charge is 0.246 e. The zero-order valence-corrected chi connectivity index (χ0v) is 17.1. The van der Waals surface area contributed by atoms with Crippen molar-refractivity contribution < 1.29 is 22.6 Å². The highest BCUT2D eigenvalue weighted by atomic mass is 32.2. The molecule has 0 saturated carbocycles. The van der Waals surface area contributed by atoms with Crippen molar-refractivity contribution in [3.8, 4) is 11.5 Å². The van der Waals surface area contributed by atoms with Crippen LogP contribution in [0.5, 0.6) is 11.5 Å². The van der Waals surface area contributed by atoms with E-state index >= 15 is 0 Å². The van der Waals surface area contributed by atoms with Crippen molar-refractivity contribution in [3.05, 3.63) is 18.2 Å². The van der Waals surface area contributed by atoms with Crippen molar-refractivity contribution in [3.63, 3.8) is 0 Å². The van der Waals surface area contributed by atoms with Crippen molar-refractivity contribution >= 4 is 10.0 Å². The van der Waals surface area contributed by atoms with E-state index in [9.17, 15) is 8.42 Å². The summed E-state index contributed by atoms with van der Waals surface area (Å²) in [6, 6.07) is 5.06. The van der Waals surface area contributed by atoms with Crippen LogP contribution in [0.1, 0.15) is 20.3 Å². The second-order valence-electron chi connectivity index (χ2n) is 6.62. The van der Waals surface area contributed by atoms with E-state index in [2.05, 4.69) is 18.7 Å². The Morgan fingerprint density at radius 3 is 2.27 bits per heavy atom. The first-order valence-corrected chi connectivity index (χ1v) is 10.3. The van der Waals surface area contributed by atoms with Crippen LogP contribution < -0.4 is 9.47 Å². The van der Waals surface area contributed by atoms with E-state index in [1.165, 1.54) is 14.2 Å². The molecule has 0 bridgehead atoms. The number of hydrogen-bond acceptors (Lipinski definition) is 6. The minimum atomic E-state index is -3.64. The number of hydrogen-bond donors (Lipinski definition) is 0. The first-order valence-electron chi connectivity index (χ1n) is 8.82. The lowest BCUT2D eigenvalue weighted by molar-refractivity contribution is 0.0665. The van der Waals surface area contributed by atoms with Gasteiger partial charge in [-0.3, -0.25) is 4.90 Å². The van der Waals surface area contributed by atoms with E-state index in [0.717, 1.165) is 13.0 Å². The first-order chi connectivity index (χ1) is 12.3. The average Bonchev–Trinajstić information content (AvgIpc) is 2.63. The molecule has 1 aromatic carbocycles. The highest BCUT2D eigenvalue weighted by Gasteiger charge is 2.37. The largest absolute Gasteiger partial charge is 0.497 e. The molecule has 0 N–H and O–H groups in total. The van der Waals surface area contributed by atoms with Crippen LogP contribution in [0.2, 0.25) is 0 Å². The van der Waals surface area contributed by atoms with E-state index < -0.39 is 10.0 Å². The Morgan fingerprint density at radius 2 is 1.73 bits per heavy atom. The van der Waals surface area contributed by atoms with Crippen LogP contribution in [0.4, 0.5) is 0 Å². The zero-order valence-electron chi connectivity index (χ0n) is 16.3. The van der Waals surface area contributed by atoms with Crippen LogP contribution in [0.15, 0.2) is 23.1 Å². The molecule has 0 aromatic heterocycles. The van der Waals surface area contributed by atoms with Crippen molar-refractivity contribution in [1.29, 1.82) is 0 Å². The minimum Gasteiger partial charge on any atom is -0.497 e. The van der Waals surface area contributed by atoms with Crippen LogP contribution in [-0.2, 0) is 14.8 Å². The van der Waals surface area contributed by atoms with E-state index in [1.807, 2.05) is 0 Å². The fraction of sp³-hybridized carbons (Fsp3) is 0.667. The molecular formula is C18H30N2O5S. The van der Waals surface area contributed by atoms with Crippen LogP contribution in [0, 0.1) is 0 Å². The van der Waals surface area contributed by atoms with Gasteiger partial charge in [-0.1, -0.05) is 0 Å². The molecule has 1 aliphatic rings. The average molecular weight is 387 g/mol. The summed E-state index contributed by atoms with van der Waals surface area (Å²) in [7, 11) is 1.05. The lowest BCUT2D eigenvalue weighted by Crippen LogP contribution is -2.58. The SMILES string of the molecule is COCCCN1C(C)CN(S(=O)(=O)c2ccc(OC)cc2OC)CC1C. The minimum absolute atomic E-state index is 0.134. The summed E-state index contributed by atoms with van der Waals surface area (Å²) in [4.78, 5) is 2.52. The van der Waals surface area contributed by atoms with E-state index in [4.69, 9.17) is 14.2 Å². The Balaban J connectivity index is 2.20. The summed E-state index contributed by atoms with van der Waals surface area (Å²) in [5.74, 6) is 0.859. The van der Waals surface area contributed by atoms with Gasteiger partial charge in [-0.25, -0.2) is 8.42 Å². The second kappa shape index (κ2) is 9.03. The number of rotatable bonds is 8. The Hall–Kier alpha value is -1.35. The topological polar surface area (TPSA) is 68.3 Å². The number of piperazine rings is 1. The highest BCUT2D eigenvalue weighted by molar-refractivity contribution is 7.89. The van der Waals surface area contributed by atoms with E-state index in [0.29, 0.717) is 31.2 Å². The van der Waals surface area contributed by atoms with Gasteiger partial charge in [0.25, 0.3) is 0 Å². The number of sulfonamides is 1. The monoisotopic (exact) mass is 386 g/mol. The summed E-state index contributed by atoms with van der Waals surface area (Å²) in [5, 5.41) is 0. The Labute approximate surface area is 156 Å². The summed E-state index contributed by atoms with van der Waals surface area (Å²) >= 11 is 0. The number of methoxy groups -OCH3 is 3. The highest BCUT2D eigenvalue weighted by Crippen LogP contribution is 2.32. The molecule has 7 nitrogen and oxygen atoms in total. The molecule has 0 amide bonds. The summed E-state index contributed by atoms with van der Waals surface area (Å²) in [5.41, 5.74) is 0. The maximum Gasteiger partial charge on any atom is 0.246 e. The van der Waals surface area contributed by atoms with Crippen LogP contribution in [0.25, 0.3) is 0 Å². The standard InChI is InChI=1S/C18H30N2O5S/c1-14-12-19(13-15(2)20(14)9-6-10-23-3)26(21,22)18-8-7-16(24-4)11-17(18)25-5/h7-8,11,14-15H,6,9-10,12-13H2,1-5H3.